The van der Waals surface area contributed by atoms with Gasteiger partial charge in [0, 0.05) is 0 Å². The Balaban J connectivity index is 2.13. The van der Waals surface area contributed by atoms with E-state index in [2.05, 4.69) is 11.7 Å². The maximum atomic E-state index is 11.4. The lowest BCUT2D eigenvalue weighted by molar-refractivity contribution is -0.156. The van der Waals surface area contributed by atoms with Gasteiger partial charge in [-0.1, -0.05) is 6.92 Å². The van der Waals surface area contributed by atoms with E-state index >= 15 is 0 Å². The van der Waals surface area contributed by atoms with E-state index in [0.717, 1.165) is 25.7 Å². The van der Waals surface area contributed by atoms with Crippen LogP contribution in [0, 0.1) is 11.3 Å². The van der Waals surface area contributed by atoms with E-state index < -0.39 is 5.41 Å². The largest absolute Gasteiger partial charge is 0.393 e. The Morgan fingerprint density at radius 2 is 1.92 bits per heavy atom. The van der Waals surface area contributed by atoms with Gasteiger partial charge in [-0.15, -0.1) is 0 Å². The monoisotopic (exact) mass is 182 g/mol. The Morgan fingerprint density at radius 1 is 1.31 bits per heavy atom. The van der Waals surface area contributed by atoms with Crippen LogP contribution in [-0.2, 0) is 14.3 Å². The number of carbonyl (C=O) groups is 2. The molecule has 0 unspecified atom stereocenters. The molecule has 2 aliphatic rings. The summed E-state index contributed by atoms with van der Waals surface area (Å²) in [7, 11) is 0. The summed E-state index contributed by atoms with van der Waals surface area (Å²) >= 11 is 0. The standard InChI is InChI=1S/C10H14O3/c1-7-2-4-10(5-3-7)6-8(11)13-9(10)12/h7H,2-6H2,1H3. The van der Waals surface area contributed by atoms with E-state index in [1.807, 2.05) is 0 Å². The first-order chi connectivity index (χ1) is 6.12. The second kappa shape index (κ2) is 2.82. The van der Waals surface area contributed by atoms with Crippen LogP contribution in [0.3, 0.4) is 0 Å². The lowest BCUT2D eigenvalue weighted by Crippen LogP contribution is -2.31. The summed E-state index contributed by atoms with van der Waals surface area (Å²) in [6.07, 6.45) is 4.07. The molecule has 2 rings (SSSR count). The molecule has 0 aromatic rings. The molecule has 1 saturated heterocycles. The lowest BCUT2D eigenvalue weighted by atomic mass is 9.70. The molecule has 0 N–H and O–H groups in total. The molecular formula is C10H14O3. The maximum absolute atomic E-state index is 11.4. The number of cyclic esters (lactones) is 2. The molecule has 1 spiro atoms. The lowest BCUT2D eigenvalue weighted by Gasteiger charge is -2.31. The minimum atomic E-state index is -0.427. The Morgan fingerprint density at radius 3 is 2.38 bits per heavy atom. The topological polar surface area (TPSA) is 43.4 Å². The van der Waals surface area contributed by atoms with E-state index in [0.29, 0.717) is 12.3 Å². The summed E-state index contributed by atoms with van der Waals surface area (Å²) < 4.78 is 4.61. The summed E-state index contributed by atoms with van der Waals surface area (Å²) in [4.78, 5) is 22.4. The van der Waals surface area contributed by atoms with Gasteiger partial charge in [-0.05, 0) is 31.6 Å². The predicted molar refractivity (Wildman–Crippen MR) is 45.8 cm³/mol. The van der Waals surface area contributed by atoms with Gasteiger partial charge in [0.1, 0.15) is 0 Å². The highest BCUT2D eigenvalue weighted by Crippen LogP contribution is 2.45. The minimum absolute atomic E-state index is 0.274. The van der Waals surface area contributed by atoms with Crippen molar-refractivity contribution >= 4 is 11.9 Å². The molecule has 72 valence electrons. The number of carbonyl (C=O) groups excluding carboxylic acids is 2. The van der Waals surface area contributed by atoms with Crippen molar-refractivity contribution in [2.75, 3.05) is 0 Å². The predicted octanol–water partition coefficient (Wildman–Crippen LogP) is 1.66. The number of esters is 2. The zero-order valence-corrected chi connectivity index (χ0v) is 7.84. The molecule has 3 heteroatoms. The molecule has 0 aromatic carbocycles. The zero-order valence-electron chi connectivity index (χ0n) is 7.84. The van der Waals surface area contributed by atoms with Crippen LogP contribution in [0.25, 0.3) is 0 Å². The molecule has 0 radical (unpaired) electrons. The second-order valence-electron chi connectivity index (χ2n) is 4.40. The third-order valence-electron chi connectivity index (χ3n) is 3.35. The van der Waals surface area contributed by atoms with Crippen molar-refractivity contribution in [2.45, 2.75) is 39.0 Å². The van der Waals surface area contributed by atoms with Gasteiger partial charge in [0.2, 0.25) is 0 Å². The van der Waals surface area contributed by atoms with Crippen LogP contribution < -0.4 is 0 Å². The van der Waals surface area contributed by atoms with Crippen LogP contribution in [0.15, 0.2) is 0 Å². The normalized spacial score (nSPS) is 39.6. The van der Waals surface area contributed by atoms with Crippen molar-refractivity contribution in [1.29, 1.82) is 0 Å². The highest BCUT2D eigenvalue weighted by molar-refractivity contribution is 5.97. The number of hydrogen-bond acceptors (Lipinski definition) is 3. The smallest absolute Gasteiger partial charge is 0.320 e. The summed E-state index contributed by atoms with van der Waals surface area (Å²) in [5.41, 5.74) is -0.427. The molecule has 1 aliphatic heterocycles. The molecule has 1 aliphatic carbocycles. The van der Waals surface area contributed by atoms with Gasteiger partial charge >= 0.3 is 11.9 Å². The van der Waals surface area contributed by atoms with Crippen molar-refractivity contribution in [3.05, 3.63) is 0 Å². The van der Waals surface area contributed by atoms with Crippen molar-refractivity contribution in [1.82, 2.24) is 0 Å². The van der Waals surface area contributed by atoms with Crippen LogP contribution in [0.5, 0.6) is 0 Å². The molecule has 0 aromatic heterocycles. The van der Waals surface area contributed by atoms with Crippen molar-refractivity contribution in [2.24, 2.45) is 11.3 Å². The SMILES string of the molecule is CC1CCC2(CC1)CC(=O)OC2=O. The molecule has 0 bridgehead atoms. The fourth-order valence-corrected chi connectivity index (χ4v) is 2.29. The fourth-order valence-electron chi connectivity index (χ4n) is 2.29. The second-order valence-corrected chi connectivity index (χ2v) is 4.40. The molecule has 0 atom stereocenters. The number of ether oxygens (including phenoxy) is 1. The first-order valence-electron chi connectivity index (χ1n) is 4.87. The van der Waals surface area contributed by atoms with E-state index in [1.165, 1.54) is 0 Å². The third-order valence-corrected chi connectivity index (χ3v) is 3.35. The maximum Gasteiger partial charge on any atom is 0.320 e. The van der Waals surface area contributed by atoms with Crippen molar-refractivity contribution < 1.29 is 14.3 Å². The van der Waals surface area contributed by atoms with Crippen LogP contribution >= 0.6 is 0 Å². The van der Waals surface area contributed by atoms with E-state index in [1.54, 1.807) is 0 Å². The molecule has 3 nitrogen and oxygen atoms in total. The first kappa shape index (κ1) is 8.73. The molecule has 1 heterocycles. The average Bonchev–Trinajstić information content (AvgIpc) is 2.34. The van der Waals surface area contributed by atoms with Crippen LogP contribution in [0.1, 0.15) is 39.0 Å². The Labute approximate surface area is 77.4 Å². The molecule has 1 saturated carbocycles. The Hall–Kier alpha value is -0.860. The Kier molecular flexibility index (Phi) is 1.90. The molecule has 2 fully saturated rings. The highest BCUT2D eigenvalue weighted by Gasteiger charge is 2.50. The number of hydrogen-bond donors (Lipinski definition) is 0. The van der Waals surface area contributed by atoms with Gasteiger partial charge in [0.25, 0.3) is 0 Å². The van der Waals surface area contributed by atoms with Crippen LogP contribution in [-0.4, -0.2) is 11.9 Å². The first-order valence-corrected chi connectivity index (χ1v) is 4.87. The summed E-state index contributed by atoms with van der Waals surface area (Å²) in [5.74, 6) is 0.0816. The highest BCUT2D eigenvalue weighted by atomic mass is 16.6. The zero-order chi connectivity index (χ0) is 9.47. The van der Waals surface area contributed by atoms with Gasteiger partial charge in [-0.2, -0.15) is 0 Å². The summed E-state index contributed by atoms with van der Waals surface area (Å²) in [6.45, 7) is 2.19. The molecule has 0 amide bonds. The van der Waals surface area contributed by atoms with Crippen molar-refractivity contribution in [3.8, 4) is 0 Å². The van der Waals surface area contributed by atoms with Crippen LogP contribution in [0.2, 0.25) is 0 Å². The minimum Gasteiger partial charge on any atom is -0.393 e. The summed E-state index contributed by atoms with van der Waals surface area (Å²) in [6, 6.07) is 0. The average molecular weight is 182 g/mol. The number of rotatable bonds is 0. The van der Waals surface area contributed by atoms with Gasteiger partial charge in [-0.3, -0.25) is 9.59 Å². The van der Waals surface area contributed by atoms with Crippen LogP contribution in [0.4, 0.5) is 0 Å². The van der Waals surface area contributed by atoms with Gasteiger partial charge in [0.15, 0.2) is 0 Å². The third kappa shape index (κ3) is 1.36. The van der Waals surface area contributed by atoms with Gasteiger partial charge < -0.3 is 4.74 Å². The summed E-state index contributed by atoms with van der Waals surface area (Å²) in [5, 5.41) is 0. The van der Waals surface area contributed by atoms with Crippen molar-refractivity contribution in [3.63, 3.8) is 0 Å². The molecular weight excluding hydrogens is 168 g/mol. The van der Waals surface area contributed by atoms with E-state index in [4.69, 9.17) is 0 Å². The van der Waals surface area contributed by atoms with E-state index in [-0.39, 0.29) is 11.9 Å². The van der Waals surface area contributed by atoms with Gasteiger partial charge in [0.05, 0.1) is 11.8 Å². The van der Waals surface area contributed by atoms with Gasteiger partial charge in [-0.25, -0.2) is 0 Å². The Bertz CT molecular complexity index is 249. The quantitative estimate of drug-likeness (QED) is 0.422. The fraction of sp³-hybridized carbons (Fsp3) is 0.800. The van der Waals surface area contributed by atoms with E-state index in [9.17, 15) is 9.59 Å². The molecule has 13 heavy (non-hydrogen) atoms.